The van der Waals surface area contributed by atoms with Crippen LogP contribution in [0.4, 0.5) is 0 Å². The van der Waals surface area contributed by atoms with E-state index < -0.39 is 33.7 Å². The minimum Gasteiger partial charge on any atom is -0.392 e. The minimum atomic E-state index is -1.33. The van der Waals surface area contributed by atoms with E-state index in [1.54, 1.807) is 40.9 Å². The van der Waals surface area contributed by atoms with E-state index in [-0.39, 0.29) is 86.3 Å². The van der Waals surface area contributed by atoms with Crippen LogP contribution in [-0.4, -0.2) is 76.7 Å². The van der Waals surface area contributed by atoms with Crippen LogP contribution in [0.25, 0.3) is 0 Å². The number of carbonyl (C=O) groups excluding carboxylic acids is 5. The van der Waals surface area contributed by atoms with Gasteiger partial charge < -0.3 is 15.7 Å². The van der Waals surface area contributed by atoms with Gasteiger partial charge in [-0.1, -0.05) is 20.8 Å². The standard InChI is InChI=1S/C34H55N5O6S/c1-10-37-30(45)34(8,33(7,22-36)17-23(2)3)20-32(6,29(44)38-18-24(4)40)19-31(5,21-35)14-13-25(41)12-11-15-39-27(42)16-26(46-9)28(39)43/h23-24,26,40H,10-20H2,1-9H3,(H,37,45)(H,38,44). The monoisotopic (exact) mass is 661 g/mol. The summed E-state index contributed by atoms with van der Waals surface area (Å²) < 4.78 is 0. The molecule has 0 aromatic rings. The van der Waals surface area contributed by atoms with E-state index in [1.807, 2.05) is 13.8 Å². The quantitative estimate of drug-likeness (QED) is 0.162. The molecular formula is C34H55N5O6S. The lowest BCUT2D eigenvalue weighted by atomic mass is 9.54. The Bertz CT molecular complexity index is 1210. The molecule has 11 nitrogen and oxygen atoms in total. The number of carbonyl (C=O) groups is 5. The van der Waals surface area contributed by atoms with Gasteiger partial charge in [0.15, 0.2) is 0 Å². The van der Waals surface area contributed by atoms with Crippen molar-refractivity contribution in [2.45, 2.75) is 118 Å². The Labute approximate surface area is 279 Å². The molecule has 0 saturated carbocycles. The van der Waals surface area contributed by atoms with Crippen molar-refractivity contribution < 1.29 is 29.1 Å². The molecule has 0 bridgehead atoms. The van der Waals surface area contributed by atoms with Crippen molar-refractivity contribution in [1.82, 2.24) is 15.5 Å². The van der Waals surface area contributed by atoms with E-state index in [9.17, 15) is 39.6 Å². The first-order chi connectivity index (χ1) is 21.3. The molecule has 6 unspecified atom stereocenters. The largest absolute Gasteiger partial charge is 0.392 e. The van der Waals surface area contributed by atoms with Crippen molar-refractivity contribution in [2.24, 2.45) is 27.6 Å². The van der Waals surface area contributed by atoms with Crippen LogP contribution in [0.15, 0.2) is 0 Å². The fraction of sp³-hybridized carbons (Fsp3) is 0.794. The zero-order valence-electron chi connectivity index (χ0n) is 29.2. The number of aliphatic hydroxyl groups excluding tert-OH is 1. The average molecular weight is 662 g/mol. The van der Waals surface area contributed by atoms with Crippen molar-refractivity contribution >= 4 is 41.2 Å². The van der Waals surface area contributed by atoms with Crippen LogP contribution < -0.4 is 10.6 Å². The van der Waals surface area contributed by atoms with Crippen LogP contribution in [0.3, 0.4) is 0 Å². The van der Waals surface area contributed by atoms with Gasteiger partial charge in [0.25, 0.3) is 0 Å². The number of likely N-dealkylation sites (tertiary alicyclic amines) is 1. The van der Waals surface area contributed by atoms with Crippen molar-refractivity contribution in [3.8, 4) is 12.1 Å². The normalized spacial score (nSPS) is 20.8. The second kappa shape index (κ2) is 17.3. The molecule has 4 amide bonds. The lowest BCUT2D eigenvalue weighted by molar-refractivity contribution is -0.145. The second-order valence-corrected chi connectivity index (χ2v) is 15.4. The van der Waals surface area contributed by atoms with Gasteiger partial charge in [0.2, 0.25) is 23.6 Å². The summed E-state index contributed by atoms with van der Waals surface area (Å²) in [6.07, 6.45) is 2.15. The fourth-order valence-electron chi connectivity index (χ4n) is 6.64. The molecular weight excluding hydrogens is 606 g/mol. The molecule has 0 aromatic heterocycles. The SMILES string of the molecule is CCNC(=O)C(C)(CC(C)(CC(C)(C#N)CCC(=O)CCCN1C(=O)CC(SC)C1=O)C(=O)NCC(C)O)C(C)(C#N)CC(C)C. The van der Waals surface area contributed by atoms with Gasteiger partial charge in [0.1, 0.15) is 5.78 Å². The summed E-state index contributed by atoms with van der Waals surface area (Å²) in [7, 11) is 0. The maximum absolute atomic E-state index is 13.9. The molecule has 1 aliphatic rings. The first kappa shape index (κ1) is 41.1. The number of hydrogen-bond acceptors (Lipinski definition) is 9. The predicted octanol–water partition coefficient (Wildman–Crippen LogP) is 4.14. The van der Waals surface area contributed by atoms with E-state index in [0.717, 1.165) is 0 Å². The first-order valence-electron chi connectivity index (χ1n) is 16.2. The highest BCUT2D eigenvalue weighted by Crippen LogP contribution is 2.53. The van der Waals surface area contributed by atoms with Crippen LogP contribution in [0.2, 0.25) is 0 Å². The van der Waals surface area contributed by atoms with E-state index in [2.05, 4.69) is 22.8 Å². The lowest BCUT2D eigenvalue weighted by Gasteiger charge is -2.47. The van der Waals surface area contributed by atoms with Crippen LogP contribution in [0, 0.1) is 50.2 Å². The molecule has 3 N–H and O–H groups in total. The highest BCUT2D eigenvalue weighted by molar-refractivity contribution is 8.00. The third-order valence-electron chi connectivity index (χ3n) is 9.30. The summed E-state index contributed by atoms with van der Waals surface area (Å²) in [5.41, 5.74) is -4.96. The van der Waals surface area contributed by atoms with Crippen LogP contribution in [-0.2, 0) is 24.0 Å². The van der Waals surface area contributed by atoms with Gasteiger partial charge in [-0.05, 0) is 78.9 Å². The number of Topliss-reactive ketones (excluding diaryl/α,β-unsaturated/α-hetero) is 1. The Morgan fingerprint density at radius 2 is 1.65 bits per heavy atom. The number of rotatable bonds is 20. The van der Waals surface area contributed by atoms with E-state index in [1.165, 1.54) is 23.6 Å². The van der Waals surface area contributed by atoms with Crippen LogP contribution in [0.1, 0.15) is 107 Å². The van der Waals surface area contributed by atoms with E-state index in [4.69, 9.17) is 0 Å². The Morgan fingerprint density at radius 3 is 2.13 bits per heavy atom. The number of thioether (sulfide) groups is 1. The number of nitriles is 2. The number of hydrogen-bond donors (Lipinski definition) is 3. The molecule has 1 fully saturated rings. The average Bonchev–Trinajstić information content (AvgIpc) is 3.25. The van der Waals surface area contributed by atoms with Crippen molar-refractivity contribution in [1.29, 1.82) is 10.5 Å². The molecule has 1 aliphatic heterocycles. The van der Waals surface area contributed by atoms with Gasteiger partial charge in [-0.25, -0.2) is 0 Å². The van der Waals surface area contributed by atoms with Gasteiger partial charge in [-0.2, -0.15) is 22.3 Å². The van der Waals surface area contributed by atoms with E-state index >= 15 is 0 Å². The van der Waals surface area contributed by atoms with Crippen LogP contribution >= 0.6 is 11.8 Å². The summed E-state index contributed by atoms with van der Waals surface area (Å²) in [5, 5.41) is 35.9. The zero-order valence-corrected chi connectivity index (χ0v) is 30.1. The Balaban J connectivity index is 3.28. The predicted molar refractivity (Wildman–Crippen MR) is 178 cm³/mol. The fourth-order valence-corrected chi connectivity index (χ4v) is 7.28. The Hall–Kier alpha value is -2.96. The third kappa shape index (κ3) is 10.5. The van der Waals surface area contributed by atoms with Gasteiger partial charge in [-0.3, -0.25) is 28.9 Å². The Kier molecular flexibility index (Phi) is 15.4. The summed E-state index contributed by atoms with van der Waals surface area (Å²) >= 11 is 1.34. The van der Waals surface area contributed by atoms with Gasteiger partial charge in [-0.15, -0.1) is 0 Å². The molecule has 0 aromatic carbocycles. The first-order valence-corrected chi connectivity index (χ1v) is 17.5. The highest BCUT2D eigenvalue weighted by Gasteiger charge is 2.56. The zero-order chi connectivity index (χ0) is 35.5. The van der Waals surface area contributed by atoms with Gasteiger partial charge in [0, 0.05) is 44.3 Å². The molecule has 0 aliphatic carbocycles. The molecule has 0 radical (unpaired) electrons. The van der Waals surface area contributed by atoms with Gasteiger partial charge >= 0.3 is 0 Å². The van der Waals surface area contributed by atoms with Crippen molar-refractivity contribution in [3.63, 3.8) is 0 Å². The molecule has 6 atom stereocenters. The maximum atomic E-state index is 13.9. The number of nitrogens with one attached hydrogen (secondary N) is 2. The summed E-state index contributed by atoms with van der Waals surface area (Å²) in [6, 6.07) is 4.69. The number of imide groups is 1. The number of aliphatic hydroxyl groups is 1. The maximum Gasteiger partial charge on any atom is 0.242 e. The molecule has 1 saturated heterocycles. The summed E-state index contributed by atoms with van der Waals surface area (Å²) in [5.74, 6) is -1.31. The topological polar surface area (TPSA) is 180 Å². The molecule has 258 valence electrons. The van der Waals surface area contributed by atoms with Crippen molar-refractivity contribution in [3.05, 3.63) is 0 Å². The highest BCUT2D eigenvalue weighted by atomic mass is 32.2. The molecule has 1 heterocycles. The Morgan fingerprint density at radius 1 is 1.02 bits per heavy atom. The summed E-state index contributed by atoms with van der Waals surface area (Å²) in [4.78, 5) is 66.3. The molecule has 12 heteroatoms. The van der Waals surface area contributed by atoms with Crippen LogP contribution in [0.5, 0.6) is 0 Å². The van der Waals surface area contributed by atoms with Gasteiger partial charge in [0.05, 0.1) is 39.7 Å². The number of amides is 4. The third-order valence-corrected chi connectivity index (χ3v) is 10.2. The lowest BCUT2D eigenvalue weighted by Crippen LogP contribution is -2.55. The number of ketones is 1. The molecule has 1 rings (SSSR count). The molecule has 0 spiro atoms. The minimum absolute atomic E-state index is 0.000456. The van der Waals surface area contributed by atoms with E-state index in [0.29, 0.717) is 19.4 Å². The second-order valence-electron chi connectivity index (χ2n) is 14.3. The number of nitrogens with zero attached hydrogens (tertiary/aromatic N) is 3. The van der Waals surface area contributed by atoms with Crippen molar-refractivity contribution in [2.75, 3.05) is 25.9 Å². The molecule has 46 heavy (non-hydrogen) atoms. The summed E-state index contributed by atoms with van der Waals surface area (Å²) in [6.45, 7) is 14.5. The smallest absolute Gasteiger partial charge is 0.242 e.